The summed E-state index contributed by atoms with van der Waals surface area (Å²) in [6.07, 6.45) is -9.65. The van der Waals surface area contributed by atoms with Gasteiger partial charge in [0.05, 0.1) is 27.8 Å². The number of anilines is 1. The molecule has 1 aromatic carbocycles. The number of primary amides is 1. The van der Waals surface area contributed by atoms with Gasteiger partial charge in [-0.2, -0.15) is 26.3 Å². The lowest BCUT2D eigenvalue weighted by molar-refractivity contribution is -0.179. The van der Waals surface area contributed by atoms with Crippen molar-refractivity contribution in [1.29, 1.82) is 0 Å². The molecule has 3 nitrogen and oxygen atoms in total. The Bertz CT molecular complexity index is 635. The summed E-state index contributed by atoms with van der Waals surface area (Å²) in [5, 5.41) is -0.690. The molecule has 10 heteroatoms. The normalized spacial score (nSPS) is 17.2. The fraction of sp³-hybridized carbons (Fsp3) is 0.500. The van der Waals surface area contributed by atoms with E-state index in [4.69, 9.17) is 17.3 Å². The Morgan fingerprint density at radius 2 is 1.67 bits per heavy atom. The number of nitrogens with zero attached hydrogens (tertiary/aromatic N) is 1. The number of nitrogens with two attached hydrogens (primary N) is 1. The summed E-state index contributed by atoms with van der Waals surface area (Å²) in [6.45, 7) is -0.271. The number of hydrogen-bond donors (Lipinski definition) is 1. The summed E-state index contributed by atoms with van der Waals surface area (Å²) in [5.41, 5.74) is 3.59. The quantitative estimate of drug-likeness (QED) is 0.787. The highest BCUT2D eigenvalue weighted by Crippen LogP contribution is 2.41. The van der Waals surface area contributed by atoms with Crippen molar-refractivity contribution in [2.45, 2.75) is 25.2 Å². The van der Waals surface area contributed by atoms with Gasteiger partial charge in [0, 0.05) is 13.1 Å². The predicted octanol–water partition coefficient (Wildman–Crippen LogP) is 4.24. The van der Waals surface area contributed by atoms with Crippen LogP contribution in [0.5, 0.6) is 0 Å². The molecule has 0 saturated carbocycles. The monoisotopic (exact) mass is 374 g/mol. The van der Waals surface area contributed by atoms with Crippen LogP contribution in [0.2, 0.25) is 5.02 Å². The minimum absolute atomic E-state index is 0.136. The van der Waals surface area contributed by atoms with Gasteiger partial charge < -0.3 is 10.6 Å². The van der Waals surface area contributed by atoms with Crippen LogP contribution in [-0.2, 0) is 6.18 Å². The van der Waals surface area contributed by atoms with Gasteiger partial charge >= 0.3 is 12.4 Å². The maximum atomic E-state index is 13.0. The molecule has 1 aromatic rings. The van der Waals surface area contributed by atoms with Crippen molar-refractivity contribution in [3.63, 3.8) is 0 Å². The highest BCUT2D eigenvalue weighted by atomic mass is 35.5. The number of benzene rings is 1. The Kier molecular flexibility index (Phi) is 4.94. The zero-order valence-electron chi connectivity index (χ0n) is 12.1. The maximum Gasteiger partial charge on any atom is 0.417 e. The zero-order chi connectivity index (χ0) is 18.3. The predicted molar refractivity (Wildman–Crippen MR) is 76.0 cm³/mol. The number of alkyl halides is 6. The fourth-order valence-electron chi connectivity index (χ4n) is 2.69. The van der Waals surface area contributed by atoms with Gasteiger partial charge in [0.15, 0.2) is 0 Å². The van der Waals surface area contributed by atoms with Crippen molar-refractivity contribution in [2.24, 2.45) is 11.7 Å². The lowest BCUT2D eigenvalue weighted by Crippen LogP contribution is -2.40. The molecule has 0 aromatic heterocycles. The molecule has 0 spiro atoms. The van der Waals surface area contributed by atoms with E-state index in [-0.39, 0.29) is 37.2 Å². The Labute approximate surface area is 138 Å². The number of carbonyl (C=O) groups is 1. The van der Waals surface area contributed by atoms with Crippen LogP contribution in [0.15, 0.2) is 12.1 Å². The van der Waals surface area contributed by atoms with E-state index in [1.165, 1.54) is 4.90 Å². The molecule has 1 aliphatic rings. The van der Waals surface area contributed by atoms with E-state index in [0.29, 0.717) is 6.07 Å². The Hall–Kier alpha value is -1.64. The standard InChI is InChI=1S/C14H13ClF6N2O/c15-10-5-8(12(22)24)11(6-9(10)14(19,20)21)23-3-1-7(2-4-23)13(16,17)18/h5-7H,1-4H2,(H2,22,24). The molecule has 0 unspecified atom stereocenters. The second-order valence-electron chi connectivity index (χ2n) is 5.51. The first-order valence-corrected chi connectivity index (χ1v) is 7.31. The van der Waals surface area contributed by atoms with E-state index in [2.05, 4.69) is 0 Å². The average molecular weight is 375 g/mol. The average Bonchev–Trinajstić information content (AvgIpc) is 2.44. The van der Waals surface area contributed by atoms with Gasteiger partial charge in [-0.3, -0.25) is 4.79 Å². The smallest absolute Gasteiger partial charge is 0.371 e. The first kappa shape index (κ1) is 18.7. The molecule has 24 heavy (non-hydrogen) atoms. The van der Waals surface area contributed by atoms with Crippen LogP contribution >= 0.6 is 11.6 Å². The van der Waals surface area contributed by atoms with Crippen molar-refractivity contribution in [2.75, 3.05) is 18.0 Å². The summed E-state index contributed by atoms with van der Waals surface area (Å²) < 4.78 is 77.0. The van der Waals surface area contributed by atoms with Crippen LogP contribution in [0.4, 0.5) is 32.0 Å². The third kappa shape index (κ3) is 3.88. The summed E-state index contributed by atoms with van der Waals surface area (Å²) in [4.78, 5) is 12.8. The number of piperidine rings is 1. The molecule has 1 amide bonds. The van der Waals surface area contributed by atoms with Crippen molar-refractivity contribution in [3.05, 3.63) is 28.3 Å². The van der Waals surface area contributed by atoms with E-state index < -0.39 is 34.8 Å². The number of amides is 1. The van der Waals surface area contributed by atoms with Gasteiger partial charge in [-0.1, -0.05) is 11.6 Å². The molecule has 1 fully saturated rings. The minimum Gasteiger partial charge on any atom is -0.371 e. The Morgan fingerprint density at radius 1 is 1.12 bits per heavy atom. The summed E-state index contributed by atoms with van der Waals surface area (Å²) in [5.74, 6) is -2.52. The zero-order valence-corrected chi connectivity index (χ0v) is 12.9. The number of halogens is 7. The summed E-state index contributed by atoms with van der Waals surface area (Å²) in [6, 6.07) is 1.47. The Balaban J connectivity index is 2.37. The topological polar surface area (TPSA) is 46.3 Å². The van der Waals surface area contributed by atoms with Gasteiger partial charge in [-0.25, -0.2) is 0 Å². The van der Waals surface area contributed by atoms with Gasteiger partial charge in [-0.05, 0) is 25.0 Å². The summed E-state index contributed by atoms with van der Waals surface area (Å²) >= 11 is 5.56. The lowest BCUT2D eigenvalue weighted by atomic mass is 9.95. The Morgan fingerprint density at radius 3 is 2.08 bits per heavy atom. The summed E-state index contributed by atoms with van der Waals surface area (Å²) in [7, 11) is 0. The molecule has 2 N–H and O–H groups in total. The molecule has 1 saturated heterocycles. The van der Waals surface area contributed by atoms with Crippen LogP contribution in [0.25, 0.3) is 0 Å². The van der Waals surface area contributed by atoms with Crippen molar-refractivity contribution < 1.29 is 31.1 Å². The molecular weight excluding hydrogens is 362 g/mol. The fourth-order valence-corrected chi connectivity index (χ4v) is 2.96. The van der Waals surface area contributed by atoms with Gasteiger partial charge in [0.25, 0.3) is 5.91 Å². The van der Waals surface area contributed by atoms with E-state index in [1.54, 1.807) is 0 Å². The first-order chi connectivity index (χ1) is 10.9. The van der Waals surface area contributed by atoms with Gasteiger partial charge in [0.2, 0.25) is 0 Å². The van der Waals surface area contributed by atoms with Crippen molar-refractivity contribution in [1.82, 2.24) is 0 Å². The minimum atomic E-state index is -4.76. The maximum absolute atomic E-state index is 13.0. The third-order valence-electron chi connectivity index (χ3n) is 3.95. The third-order valence-corrected chi connectivity index (χ3v) is 4.27. The molecule has 0 atom stereocenters. The van der Waals surface area contributed by atoms with Gasteiger partial charge in [0.1, 0.15) is 0 Å². The van der Waals surface area contributed by atoms with Crippen LogP contribution in [0.1, 0.15) is 28.8 Å². The van der Waals surface area contributed by atoms with E-state index in [1.807, 2.05) is 0 Å². The van der Waals surface area contributed by atoms with Crippen LogP contribution in [0.3, 0.4) is 0 Å². The van der Waals surface area contributed by atoms with E-state index in [9.17, 15) is 31.1 Å². The molecule has 134 valence electrons. The number of rotatable bonds is 2. The highest BCUT2D eigenvalue weighted by molar-refractivity contribution is 6.32. The van der Waals surface area contributed by atoms with E-state index >= 15 is 0 Å². The largest absolute Gasteiger partial charge is 0.417 e. The molecule has 1 heterocycles. The van der Waals surface area contributed by atoms with Crippen molar-refractivity contribution >= 4 is 23.2 Å². The number of hydrogen-bond acceptors (Lipinski definition) is 2. The molecule has 1 aliphatic heterocycles. The second-order valence-corrected chi connectivity index (χ2v) is 5.92. The highest BCUT2D eigenvalue weighted by Gasteiger charge is 2.42. The second kappa shape index (κ2) is 6.34. The van der Waals surface area contributed by atoms with Crippen LogP contribution < -0.4 is 10.6 Å². The molecule has 2 rings (SSSR count). The first-order valence-electron chi connectivity index (χ1n) is 6.93. The van der Waals surface area contributed by atoms with Crippen LogP contribution in [-0.4, -0.2) is 25.2 Å². The van der Waals surface area contributed by atoms with Crippen LogP contribution in [0, 0.1) is 5.92 Å². The van der Waals surface area contributed by atoms with E-state index in [0.717, 1.165) is 6.07 Å². The molecule has 0 bridgehead atoms. The molecule has 0 aliphatic carbocycles. The van der Waals surface area contributed by atoms with Gasteiger partial charge in [-0.15, -0.1) is 0 Å². The molecule has 0 radical (unpaired) electrons. The van der Waals surface area contributed by atoms with Crippen molar-refractivity contribution in [3.8, 4) is 0 Å². The number of carbonyl (C=O) groups excluding carboxylic acids is 1. The lowest BCUT2D eigenvalue weighted by Gasteiger charge is -2.35. The molecular formula is C14H13ClF6N2O. The SMILES string of the molecule is NC(=O)c1cc(Cl)c(C(F)(F)F)cc1N1CCC(C(F)(F)F)CC1.